The molecule has 1 atom stereocenters. The van der Waals surface area contributed by atoms with Crippen LogP contribution in [-0.4, -0.2) is 43.8 Å². The molecular formula is C20H24N2O5S2. The van der Waals surface area contributed by atoms with Crippen molar-refractivity contribution >= 4 is 33.2 Å². The van der Waals surface area contributed by atoms with Crippen molar-refractivity contribution in [1.82, 2.24) is 9.62 Å². The molecule has 0 aliphatic carbocycles. The highest BCUT2D eigenvalue weighted by molar-refractivity contribution is 7.89. The molecule has 1 fully saturated rings. The lowest BCUT2D eigenvalue weighted by Gasteiger charge is -2.32. The fourth-order valence-electron chi connectivity index (χ4n) is 3.19. The van der Waals surface area contributed by atoms with Gasteiger partial charge in [0.1, 0.15) is 0 Å². The normalized spacial score (nSPS) is 17.6. The molecule has 1 saturated heterocycles. The molecule has 3 rings (SSSR count). The molecule has 29 heavy (non-hydrogen) atoms. The molecule has 1 aliphatic rings. The third kappa shape index (κ3) is 5.43. The van der Waals surface area contributed by atoms with Gasteiger partial charge in [0.05, 0.1) is 17.0 Å². The van der Waals surface area contributed by atoms with Crippen LogP contribution < -0.4 is 5.32 Å². The Labute approximate surface area is 174 Å². The molecule has 1 aromatic heterocycles. The highest BCUT2D eigenvalue weighted by Crippen LogP contribution is 2.25. The molecule has 7 nitrogen and oxygen atoms in total. The zero-order valence-electron chi connectivity index (χ0n) is 16.2. The Morgan fingerprint density at radius 3 is 2.62 bits per heavy atom. The number of carbonyl (C=O) groups excluding carboxylic acids is 2. The summed E-state index contributed by atoms with van der Waals surface area (Å²) in [4.78, 5) is 25.1. The lowest BCUT2D eigenvalue weighted by atomic mass is 10.1. The van der Waals surface area contributed by atoms with Crippen LogP contribution in [0.4, 0.5) is 0 Å². The molecule has 0 saturated carbocycles. The van der Waals surface area contributed by atoms with Gasteiger partial charge in [-0.2, -0.15) is 4.31 Å². The number of hydrogen-bond acceptors (Lipinski definition) is 6. The first-order chi connectivity index (χ1) is 13.9. The Morgan fingerprint density at radius 1 is 1.21 bits per heavy atom. The summed E-state index contributed by atoms with van der Waals surface area (Å²) in [5, 5.41) is 4.58. The number of carbonyl (C=O) groups is 2. The first-order valence-corrected chi connectivity index (χ1v) is 11.8. The molecule has 1 N–H and O–H groups in total. The van der Waals surface area contributed by atoms with Crippen molar-refractivity contribution in [2.24, 2.45) is 0 Å². The van der Waals surface area contributed by atoms with Gasteiger partial charge in [0.2, 0.25) is 10.0 Å². The van der Waals surface area contributed by atoms with E-state index in [1.54, 1.807) is 0 Å². The molecule has 0 radical (unpaired) electrons. The molecule has 0 bridgehead atoms. The lowest BCUT2D eigenvalue weighted by molar-refractivity contribution is -0.124. The molecule has 9 heteroatoms. The van der Waals surface area contributed by atoms with Crippen molar-refractivity contribution in [2.75, 3.05) is 13.2 Å². The van der Waals surface area contributed by atoms with Gasteiger partial charge in [-0.3, -0.25) is 4.79 Å². The Morgan fingerprint density at radius 2 is 1.97 bits per heavy atom. The predicted molar refractivity (Wildman–Crippen MR) is 110 cm³/mol. The van der Waals surface area contributed by atoms with Gasteiger partial charge in [0.25, 0.3) is 5.91 Å². The van der Waals surface area contributed by atoms with Crippen LogP contribution >= 0.6 is 11.3 Å². The minimum atomic E-state index is -3.59. The Kier molecular flexibility index (Phi) is 7.05. The van der Waals surface area contributed by atoms with Crippen molar-refractivity contribution < 1.29 is 22.7 Å². The van der Waals surface area contributed by atoms with E-state index >= 15 is 0 Å². The molecule has 1 amide bonds. The van der Waals surface area contributed by atoms with Gasteiger partial charge >= 0.3 is 5.97 Å². The number of piperidine rings is 1. The summed E-state index contributed by atoms with van der Waals surface area (Å²) in [5.74, 6) is -1.07. The maximum Gasteiger partial charge on any atom is 0.338 e. The van der Waals surface area contributed by atoms with E-state index in [1.165, 1.54) is 39.9 Å². The zero-order valence-corrected chi connectivity index (χ0v) is 17.8. The van der Waals surface area contributed by atoms with Gasteiger partial charge in [0.15, 0.2) is 6.61 Å². The Bertz CT molecular complexity index is 940. The number of esters is 1. The van der Waals surface area contributed by atoms with Crippen molar-refractivity contribution in [3.05, 3.63) is 52.2 Å². The molecule has 2 heterocycles. The monoisotopic (exact) mass is 436 g/mol. The smallest absolute Gasteiger partial charge is 0.338 e. The number of thiophene rings is 1. The summed E-state index contributed by atoms with van der Waals surface area (Å²) in [5.41, 5.74) is 0.196. The maximum absolute atomic E-state index is 12.8. The van der Waals surface area contributed by atoms with Crippen LogP contribution in [0.3, 0.4) is 0 Å². The van der Waals surface area contributed by atoms with E-state index in [0.29, 0.717) is 13.1 Å². The third-order valence-electron chi connectivity index (χ3n) is 4.81. The Hall–Kier alpha value is -2.23. The summed E-state index contributed by atoms with van der Waals surface area (Å²) < 4.78 is 32.2. The first kappa shape index (κ1) is 21.5. The minimum absolute atomic E-state index is 0.0360. The SMILES string of the molecule is CC1CCCCN1S(=O)(=O)c1ccc(C(=O)OCC(=O)NCc2cccs2)cc1. The number of sulfonamides is 1. The average molecular weight is 437 g/mol. The minimum Gasteiger partial charge on any atom is -0.452 e. The number of nitrogens with zero attached hydrogens (tertiary/aromatic N) is 1. The molecule has 156 valence electrons. The van der Waals surface area contributed by atoms with E-state index < -0.39 is 28.5 Å². The number of benzene rings is 1. The number of hydrogen-bond donors (Lipinski definition) is 1. The van der Waals surface area contributed by atoms with Crippen LogP contribution in [-0.2, 0) is 26.1 Å². The molecule has 2 aromatic rings. The second-order valence-corrected chi connectivity index (χ2v) is 9.84. The van der Waals surface area contributed by atoms with Gasteiger partial charge in [-0.15, -0.1) is 11.3 Å². The highest BCUT2D eigenvalue weighted by atomic mass is 32.2. The fourth-order valence-corrected chi connectivity index (χ4v) is 5.54. The van der Waals surface area contributed by atoms with E-state index in [4.69, 9.17) is 4.74 Å². The van der Waals surface area contributed by atoms with Gasteiger partial charge in [-0.25, -0.2) is 13.2 Å². The summed E-state index contributed by atoms with van der Waals surface area (Å²) >= 11 is 1.52. The highest BCUT2D eigenvalue weighted by Gasteiger charge is 2.30. The lowest BCUT2D eigenvalue weighted by Crippen LogP contribution is -2.41. The zero-order chi connectivity index (χ0) is 20.9. The van der Waals surface area contributed by atoms with E-state index in [-0.39, 0.29) is 16.5 Å². The van der Waals surface area contributed by atoms with Crippen molar-refractivity contribution in [3.8, 4) is 0 Å². The summed E-state index contributed by atoms with van der Waals surface area (Å²) in [6.45, 7) is 2.41. The molecule has 1 aromatic carbocycles. The van der Waals surface area contributed by atoms with E-state index in [0.717, 1.165) is 24.1 Å². The fraction of sp³-hybridized carbons (Fsp3) is 0.400. The van der Waals surface area contributed by atoms with Gasteiger partial charge in [0, 0.05) is 17.5 Å². The number of amides is 1. The average Bonchev–Trinajstić information content (AvgIpc) is 3.24. The molecule has 0 spiro atoms. The van der Waals surface area contributed by atoms with Crippen LogP contribution in [0.2, 0.25) is 0 Å². The van der Waals surface area contributed by atoms with E-state index in [1.807, 2.05) is 24.4 Å². The van der Waals surface area contributed by atoms with Gasteiger partial charge < -0.3 is 10.1 Å². The standard InChI is InChI=1S/C20H24N2O5S2/c1-15-5-2-3-11-22(15)29(25,26)18-9-7-16(8-10-18)20(24)27-14-19(23)21-13-17-6-4-12-28-17/h4,6-10,12,15H,2-3,5,11,13-14H2,1H3,(H,21,23). The first-order valence-electron chi connectivity index (χ1n) is 9.46. The molecule has 1 unspecified atom stereocenters. The largest absolute Gasteiger partial charge is 0.452 e. The number of rotatable bonds is 7. The number of ether oxygens (including phenoxy) is 1. The van der Waals surface area contributed by atoms with Crippen LogP contribution in [0.5, 0.6) is 0 Å². The summed E-state index contributed by atoms with van der Waals surface area (Å²) in [6.07, 6.45) is 2.72. The quantitative estimate of drug-likeness (QED) is 0.674. The Balaban J connectivity index is 1.55. The predicted octanol–water partition coefficient (Wildman–Crippen LogP) is 2.78. The second-order valence-electron chi connectivity index (χ2n) is 6.92. The van der Waals surface area contributed by atoms with Crippen LogP contribution in [0.25, 0.3) is 0 Å². The third-order valence-corrected chi connectivity index (χ3v) is 7.72. The van der Waals surface area contributed by atoms with Gasteiger partial charge in [-0.05, 0) is 55.5 Å². The van der Waals surface area contributed by atoms with Crippen LogP contribution in [0.1, 0.15) is 41.4 Å². The maximum atomic E-state index is 12.8. The van der Waals surface area contributed by atoms with E-state index in [2.05, 4.69) is 5.32 Å². The molecular weight excluding hydrogens is 412 g/mol. The van der Waals surface area contributed by atoms with Crippen molar-refractivity contribution in [2.45, 2.75) is 43.7 Å². The summed E-state index contributed by atoms with van der Waals surface area (Å²) in [6, 6.07) is 9.39. The van der Waals surface area contributed by atoms with Crippen LogP contribution in [0, 0.1) is 0 Å². The van der Waals surface area contributed by atoms with Crippen LogP contribution in [0.15, 0.2) is 46.7 Å². The number of nitrogens with one attached hydrogen (secondary N) is 1. The van der Waals surface area contributed by atoms with Crippen molar-refractivity contribution in [1.29, 1.82) is 0 Å². The topological polar surface area (TPSA) is 92.8 Å². The summed E-state index contributed by atoms with van der Waals surface area (Å²) in [7, 11) is -3.59. The second kappa shape index (κ2) is 9.51. The van der Waals surface area contributed by atoms with Gasteiger partial charge in [-0.1, -0.05) is 12.5 Å². The van der Waals surface area contributed by atoms with Crippen molar-refractivity contribution in [3.63, 3.8) is 0 Å². The molecule has 1 aliphatic heterocycles. The van der Waals surface area contributed by atoms with E-state index in [9.17, 15) is 18.0 Å².